The van der Waals surface area contributed by atoms with Crippen LogP contribution in [-0.2, 0) is 20.0 Å². The lowest BCUT2D eigenvalue weighted by Crippen LogP contribution is -2.14. The van der Waals surface area contributed by atoms with Crippen LogP contribution in [0, 0.1) is 6.92 Å². The normalized spacial score (nSPS) is 12.1. The highest BCUT2D eigenvalue weighted by atomic mass is 32.2. The monoisotopic (exact) mass is 390 g/mol. The zero-order chi connectivity index (χ0) is 18.9. The maximum Gasteiger partial charge on any atom is 0.261 e. The summed E-state index contributed by atoms with van der Waals surface area (Å²) < 4.78 is 52.9. The Labute approximate surface area is 153 Å². The van der Waals surface area contributed by atoms with E-state index in [4.69, 9.17) is 0 Å². The van der Waals surface area contributed by atoms with E-state index < -0.39 is 20.0 Å². The summed E-state index contributed by atoms with van der Waals surface area (Å²) in [5.74, 6) is 0. The van der Waals surface area contributed by atoms with Gasteiger partial charge in [0.2, 0.25) is 10.0 Å². The number of benzene rings is 3. The SMILES string of the molecule is Cc1cc(NS(=O)(=O)c2ccc3ccccc3c2)ccc1NS(C)(=O)=O. The molecule has 3 aromatic carbocycles. The van der Waals surface area contributed by atoms with Crippen LogP contribution < -0.4 is 9.44 Å². The first-order chi connectivity index (χ1) is 12.1. The fourth-order valence-electron chi connectivity index (χ4n) is 2.59. The van der Waals surface area contributed by atoms with Crippen molar-refractivity contribution in [3.63, 3.8) is 0 Å². The van der Waals surface area contributed by atoms with Gasteiger partial charge >= 0.3 is 0 Å². The van der Waals surface area contributed by atoms with Crippen molar-refractivity contribution in [2.75, 3.05) is 15.7 Å². The first-order valence-corrected chi connectivity index (χ1v) is 11.1. The first-order valence-electron chi connectivity index (χ1n) is 7.74. The standard InChI is InChI=1S/C18H18N2O4S2/c1-13-11-16(8-10-18(13)20-25(2,21)22)19-26(23,24)17-9-7-14-5-3-4-6-15(14)12-17/h3-12,19-20H,1-2H3. The van der Waals surface area contributed by atoms with Crippen molar-refractivity contribution in [3.8, 4) is 0 Å². The largest absolute Gasteiger partial charge is 0.284 e. The lowest BCUT2D eigenvalue weighted by Gasteiger charge is -2.12. The van der Waals surface area contributed by atoms with Crippen molar-refractivity contribution in [3.05, 3.63) is 66.2 Å². The van der Waals surface area contributed by atoms with E-state index >= 15 is 0 Å². The van der Waals surface area contributed by atoms with Crippen LogP contribution in [0.5, 0.6) is 0 Å². The van der Waals surface area contributed by atoms with Gasteiger partial charge in [-0.1, -0.05) is 30.3 Å². The molecular weight excluding hydrogens is 372 g/mol. The van der Waals surface area contributed by atoms with Gasteiger partial charge in [0.1, 0.15) is 0 Å². The molecule has 3 rings (SSSR count). The van der Waals surface area contributed by atoms with E-state index in [2.05, 4.69) is 9.44 Å². The summed E-state index contributed by atoms with van der Waals surface area (Å²) in [6.45, 7) is 1.70. The van der Waals surface area contributed by atoms with Gasteiger partial charge in [0.05, 0.1) is 16.8 Å². The van der Waals surface area contributed by atoms with Crippen LogP contribution in [0.2, 0.25) is 0 Å². The Morgan fingerprint density at radius 1 is 0.769 bits per heavy atom. The zero-order valence-electron chi connectivity index (χ0n) is 14.2. The van der Waals surface area contributed by atoms with Crippen molar-refractivity contribution >= 4 is 42.2 Å². The molecular formula is C18H18N2O4S2. The molecule has 0 aliphatic carbocycles. The Balaban J connectivity index is 1.90. The molecule has 0 aliphatic rings. The van der Waals surface area contributed by atoms with Gasteiger partial charge in [-0.15, -0.1) is 0 Å². The molecule has 0 radical (unpaired) electrons. The summed E-state index contributed by atoms with van der Waals surface area (Å²) in [5, 5.41) is 1.79. The van der Waals surface area contributed by atoms with Crippen molar-refractivity contribution < 1.29 is 16.8 Å². The second-order valence-corrected chi connectivity index (χ2v) is 9.45. The number of hydrogen-bond acceptors (Lipinski definition) is 4. The Morgan fingerprint density at radius 3 is 2.12 bits per heavy atom. The third kappa shape index (κ3) is 4.14. The fourth-order valence-corrected chi connectivity index (χ4v) is 4.30. The van der Waals surface area contributed by atoms with Gasteiger partial charge in [0.25, 0.3) is 10.0 Å². The highest BCUT2D eigenvalue weighted by molar-refractivity contribution is 7.92. The second kappa shape index (κ2) is 6.62. The Kier molecular flexibility index (Phi) is 4.64. The topological polar surface area (TPSA) is 92.3 Å². The molecule has 0 aromatic heterocycles. The maximum atomic E-state index is 12.6. The third-order valence-electron chi connectivity index (χ3n) is 3.81. The van der Waals surface area contributed by atoms with E-state index in [0.29, 0.717) is 16.9 Å². The van der Waals surface area contributed by atoms with E-state index in [0.717, 1.165) is 17.0 Å². The molecule has 0 fully saturated rings. The average Bonchev–Trinajstić information content (AvgIpc) is 2.55. The van der Waals surface area contributed by atoms with Crippen LogP contribution in [0.15, 0.2) is 65.6 Å². The van der Waals surface area contributed by atoms with E-state index in [9.17, 15) is 16.8 Å². The highest BCUT2D eigenvalue weighted by Crippen LogP contribution is 2.24. The van der Waals surface area contributed by atoms with E-state index in [1.807, 2.05) is 24.3 Å². The number of aryl methyl sites for hydroxylation is 1. The Hall–Kier alpha value is -2.58. The summed E-state index contributed by atoms with van der Waals surface area (Å²) in [6, 6.07) is 17.0. The number of fused-ring (bicyclic) bond motifs is 1. The van der Waals surface area contributed by atoms with E-state index in [1.54, 1.807) is 31.2 Å². The van der Waals surface area contributed by atoms with Gasteiger partial charge < -0.3 is 0 Å². The number of sulfonamides is 2. The summed E-state index contributed by atoms with van der Waals surface area (Å²) in [4.78, 5) is 0.159. The van der Waals surface area contributed by atoms with Crippen molar-refractivity contribution in [2.45, 2.75) is 11.8 Å². The minimum absolute atomic E-state index is 0.159. The molecule has 8 heteroatoms. The van der Waals surface area contributed by atoms with Gasteiger partial charge in [-0.3, -0.25) is 9.44 Å². The van der Waals surface area contributed by atoms with Crippen molar-refractivity contribution in [1.29, 1.82) is 0 Å². The van der Waals surface area contributed by atoms with Crippen LogP contribution in [0.1, 0.15) is 5.56 Å². The Morgan fingerprint density at radius 2 is 1.46 bits per heavy atom. The number of rotatable bonds is 5. The van der Waals surface area contributed by atoms with Crippen LogP contribution in [0.3, 0.4) is 0 Å². The lowest BCUT2D eigenvalue weighted by molar-refractivity contribution is 0.600. The molecule has 6 nitrogen and oxygen atoms in total. The Bertz CT molecular complexity index is 1190. The van der Waals surface area contributed by atoms with Gasteiger partial charge in [-0.2, -0.15) is 0 Å². The summed E-state index contributed by atoms with van der Waals surface area (Å²) >= 11 is 0. The van der Waals surface area contributed by atoms with Crippen LogP contribution in [0.4, 0.5) is 11.4 Å². The molecule has 0 unspecified atom stereocenters. The van der Waals surface area contributed by atoms with Gasteiger partial charge in [-0.05, 0) is 53.6 Å². The molecule has 136 valence electrons. The zero-order valence-corrected chi connectivity index (χ0v) is 15.9. The van der Waals surface area contributed by atoms with Gasteiger partial charge in [0.15, 0.2) is 0 Å². The van der Waals surface area contributed by atoms with Crippen molar-refractivity contribution in [2.24, 2.45) is 0 Å². The summed E-state index contributed by atoms with van der Waals surface area (Å²) in [6.07, 6.45) is 1.06. The fraction of sp³-hybridized carbons (Fsp3) is 0.111. The molecule has 0 saturated heterocycles. The van der Waals surface area contributed by atoms with Gasteiger partial charge in [-0.25, -0.2) is 16.8 Å². The molecule has 3 aromatic rings. The average molecular weight is 390 g/mol. The van der Waals surface area contributed by atoms with E-state index in [1.165, 1.54) is 12.1 Å². The summed E-state index contributed by atoms with van der Waals surface area (Å²) in [5.41, 5.74) is 1.37. The predicted molar refractivity (Wildman–Crippen MR) is 104 cm³/mol. The molecule has 0 spiro atoms. The summed E-state index contributed by atoms with van der Waals surface area (Å²) in [7, 11) is -7.16. The molecule has 0 aliphatic heterocycles. The predicted octanol–water partition coefficient (Wildman–Crippen LogP) is 3.32. The van der Waals surface area contributed by atoms with Gasteiger partial charge in [0, 0.05) is 5.69 Å². The minimum atomic E-state index is -3.76. The molecule has 0 bridgehead atoms. The molecule has 0 amide bonds. The quantitative estimate of drug-likeness (QED) is 0.699. The lowest BCUT2D eigenvalue weighted by atomic mass is 10.1. The van der Waals surface area contributed by atoms with Crippen LogP contribution in [-0.4, -0.2) is 23.1 Å². The first kappa shape index (κ1) is 18.2. The van der Waals surface area contributed by atoms with Crippen molar-refractivity contribution in [1.82, 2.24) is 0 Å². The number of anilines is 2. The smallest absolute Gasteiger partial charge is 0.261 e. The number of hydrogen-bond donors (Lipinski definition) is 2. The third-order valence-corrected chi connectivity index (χ3v) is 5.77. The molecule has 0 saturated carbocycles. The molecule has 0 heterocycles. The molecule has 0 atom stereocenters. The second-order valence-electron chi connectivity index (χ2n) is 6.02. The van der Waals surface area contributed by atoms with Crippen LogP contribution >= 0.6 is 0 Å². The molecule has 2 N–H and O–H groups in total. The minimum Gasteiger partial charge on any atom is -0.284 e. The molecule has 26 heavy (non-hydrogen) atoms. The van der Waals surface area contributed by atoms with E-state index in [-0.39, 0.29) is 4.90 Å². The maximum absolute atomic E-state index is 12.6. The number of nitrogens with one attached hydrogen (secondary N) is 2. The van der Waals surface area contributed by atoms with Crippen LogP contribution in [0.25, 0.3) is 10.8 Å². The highest BCUT2D eigenvalue weighted by Gasteiger charge is 2.15.